The normalized spacial score (nSPS) is 25.7. The largest absolute Gasteiger partial charge is 0.229 e. The van der Waals surface area contributed by atoms with Crippen molar-refractivity contribution in [1.29, 1.82) is 0 Å². The molecule has 2 nitrogen and oxygen atoms in total. The van der Waals surface area contributed by atoms with Crippen molar-refractivity contribution in [2.75, 3.05) is 11.5 Å². The second kappa shape index (κ2) is 4.65. The maximum Gasteiger partial charge on any atom is 0.150 e. The van der Waals surface area contributed by atoms with Crippen molar-refractivity contribution in [1.82, 2.24) is 0 Å². The van der Waals surface area contributed by atoms with Crippen molar-refractivity contribution < 1.29 is 8.42 Å². The van der Waals surface area contributed by atoms with Gasteiger partial charge in [-0.05, 0) is 25.2 Å². The molecule has 78 valence electrons. The van der Waals surface area contributed by atoms with Gasteiger partial charge in [-0.2, -0.15) is 0 Å². The van der Waals surface area contributed by atoms with E-state index in [9.17, 15) is 8.42 Å². The average molecular weight is 225 g/mol. The van der Waals surface area contributed by atoms with Gasteiger partial charge in [0.2, 0.25) is 0 Å². The molecule has 1 aliphatic rings. The first-order valence-corrected chi connectivity index (χ1v) is 7.15. The Hall–Kier alpha value is 0.240. The van der Waals surface area contributed by atoms with Gasteiger partial charge in [0.05, 0.1) is 11.5 Å². The molecule has 13 heavy (non-hydrogen) atoms. The van der Waals surface area contributed by atoms with E-state index in [-0.39, 0.29) is 5.38 Å². The predicted octanol–water partition coefficient (Wildman–Crippen LogP) is 2.22. The lowest BCUT2D eigenvalue weighted by atomic mass is 9.96. The van der Waals surface area contributed by atoms with E-state index in [1.165, 1.54) is 0 Å². The second-order valence-electron chi connectivity index (χ2n) is 3.79. The second-order valence-corrected chi connectivity index (χ2v) is 6.66. The van der Waals surface area contributed by atoms with Crippen molar-refractivity contribution in [3.8, 4) is 0 Å². The zero-order valence-electron chi connectivity index (χ0n) is 8.00. The maximum atomic E-state index is 11.1. The molecule has 0 aromatic heterocycles. The Balaban J connectivity index is 2.40. The summed E-state index contributed by atoms with van der Waals surface area (Å²) in [5, 5.41) is 0.181. The lowest BCUT2D eigenvalue weighted by Crippen LogP contribution is -2.28. The smallest absolute Gasteiger partial charge is 0.150 e. The van der Waals surface area contributed by atoms with Gasteiger partial charge in [0, 0.05) is 5.38 Å². The highest BCUT2D eigenvalue weighted by Crippen LogP contribution is 2.27. The Morgan fingerprint density at radius 1 is 1.38 bits per heavy atom. The first kappa shape index (κ1) is 11.3. The third kappa shape index (κ3) is 3.47. The van der Waals surface area contributed by atoms with Gasteiger partial charge in [0.15, 0.2) is 0 Å². The van der Waals surface area contributed by atoms with Crippen LogP contribution < -0.4 is 0 Å². The van der Waals surface area contributed by atoms with Crippen molar-refractivity contribution in [2.24, 2.45) is 5.92 Å². The van der Waals surface area contributed by atoms with Crippen LogP contribution in [-0.4, -0.2) is 25.3 Å². The van der Waals surface area contributed by atoms with E-state index in [1.807, 2.05) is 0 Å². The van der Waals surface area contributed by atoms with Crippen molar-refractivity contribution in [3.63, 3.8) is 0 Å². The molecule has 0 aliphatic carbocycles. The summed E-state index contributed by atoms with van der Waals surface area (Å²) in [6.45, 7) is 2.11. The standard InChI is InChI=1S/C9H17ClO2S/c1-2-3-9(10)8-4-6-13(11,12)7-5-8/h8-9H,2-7H2,1H3. The summed E-state index contributed by atoms with van der Waals surface area (Å²) in [6.07, 6.45) is 3.61. The van der Waals surface area contributed by atoms with Gasteiger partial charge in [-0.3, -0.25) is 0 Å². The summed E-state index contributed by atoms with van der Waals surface area (Å²) in [5.41, 5.74) is 0. The minimum Gasteiger partial charge on any atom is -0.229 e. The third-order valence-electron chi connectivity index (χ3n) is 2.68. The molecule has 1 heterocycles. The predicted molar refractivity (Wildman–Crippen MR) is 55.9 cm³/mol. The van der Waals surface area contributed by atoms with Crippen LogP contribution in [0.2, 0.25) is 0 Å². The summed E-state index contributed by atoms with van der Waals surface area (Å²) in [4.78, 5) is 0. The van der Waals surface area contributed by atoms with Crippen LogP contribution in [0, 0.1) is 5.92 Å². The molecule has 1 saturated heterocycles. The SMILES string of the molecule is CCCC(Cl)C1CCS(=O)(=O)CC1. The van der Waals surface area contributed by atoms with E-state index in [2.05, 4.69) is 6.92 Å². The Bertz CT molecular complexity index is 234. The number of halogens is 1. The average Bonchev–Trinajstić information content (AvgIpc) is 2.04. The summed E-state index contributed by atoms with van der Waals surface area (Å²) in [6, 6.07) is 0. The lowest BCUT2D eigenvalue weighted by molar-refractivity contribution is 0.428. The number of sulfone groups is 1. The first-order valence-electron chi connectivity index (χ1n) is 4.89. The minimum atomic E-state index is -2.72. The molecule has 1 unspecified atom stereocenters. The Kier molecular flexibility index (Phi) is 4.05. The third-order valence-corrected chi connectivity index (χ3v) is 4.97. The Labute approximate surface area is 85.6 Å². The number of alkyl halides is 1. The van der Waals surface area contributed by atoms with Crippen LogP contribution in [0.4, 0.5) is 0 Å². The molecule has 0 N–H and O–H groups in total. The molecule has 0 aromatic rings. The van der Waals surface area contributed by atoms with Crippen LogP contribution in [0.15, 0.2) is 0 Å². The van der Waals surface area contributed by atoms with Crippen LogP contribution >= 0.6 is 11.6 Å². The molecule has 0 bridgehead atoms. The Morgan fingerprint density at radius 2 is 1.92 bits per heavy atom. The van der Waals surface area contributed by atoms with Crippen LogP contribution in [0.3, 0.4) is 0 Å². The number of hydrogen-bond donors (Lipinski definition) is 0. The van der Waals surface area contributed by atoms with Gasteiger partial charge in [0.1, 0.15) is 9.84 Å². The molecular formula is C9H17ClO2S. The maximum absolute atomic E-state index is 11.1. The highest BCUT2D eigenvalue weighted by molar-refractivity contribution is 7.91. The zero-order valence-corrected chi connectivity index (χ0v) is 9.57. The molecule has 1 rings (SSSR count). The number of hydrogen-bond acceptors (Lipinski definition) is 2. The summed E-state index contributed by atoms with van der Waals surface area (Å²) < 4.78 is 22.3. The van der Waals surface area contributed by atoms with Crippen molar-refractivity contribution >= 4 is 21.4 Å². The van der Waals surface area contributed by atoms with E-state index < -0.39 is 9.84 Å². The molecular weight excluding hydrogens is 208 g/mol. The lowest BCUT2D eigenvalue weighted by Gasteiger charge is -2.25. The molecule has 4 heteroatoms. The van der Waals surface area contributed by atoms with Gasteiger partial charge < -0.3 is 0 Å². The highest BCUT2D eigenvalue weighted by Gasteiger charge is 2.27. The molecule has 0 spiro atoms. The summed E-state index contributed by atoms with van der Waals surface area (Å²) in [5.74, 6) is 1.10. The fraction of sp³-hybridized carbons (Fsp3) is 1.00. The molecule has 1 aliphatic heterocycles. The van der Waals surface area contributed by atoms with Gasteiger partial charge in [0.25, 0.3) is 0 Å². The van der Waals surface area contributed by atoms with Gasteiger partial charge >= 0.3 is 0 Å². The fourth-order valence-electron chi connectivity index (χ4n) is 1.78. The first-order chi connectivity index (χ1) is 6.05. The van der Waals surface area contributed by atoms with Gasteiger partial charge in [-0.1, -0.05) is 13.3 Å². The van der Waals surface area contributed by atoms with Crippen LogP contribution in [0.25, 0.3) is 0 Å². The van der Waals surface area contributed by atoms with Crippen LogP contribution in [-0.2, 0) is 9.84 Å². The van der Waals surface area contributed by atoms with Crippen molar-refractivity contribution in [2.45, 2.75) is 38.0 Å². The van der Waals surface area contributed by atoms with Gasteiger partial charge in [-0.15, -0.1) is 11.6 Å². The van der Waals surface area contributed by atoms with Crippen molar-refractivity contribution in [3.05, 3.63) is 0 Å². The summed E-state index contributed by atoms with van der Waals surface area (Å²) in [7, 11) is -2.72. The fourth-order valence-corrected chi connectivity index (χ4v) is 3.78. The van der Waals surface area contributed by atoms with E-state index in [0.29, 0.717) is 17.4 Å². The molecule has 0 radical (unpaired) electrons. The van der Waals surface area contributed by atoms with E-state index in [0.717, 1.165) is 25.7 Å². The molecule has 0 amide bonds. The quantitative estimate of drug-likeness (QED) is 0.689. The molecule has 0 saturated carbocycles. The highest BCUT2D eigenvalue weighted by atomic mass is 35.5. The molecule has 1 fully saturated rings. The topological polar surface area (TPSA) is 34.1 Å². The Morgan fingerprint density at radius 3 is 2.38 bits per heavy atom. The van der Waals surface area contributed by atoms with E-state index >= 15 is 0 Å². The summed E-state index contributed by atoms with van der Waals surface area (Å²) >= 11 is 6.16. The van der Waals surface area contributed by atoms with Gasteiger partial charge in [-0.25, -0.2) is 8.42 Å². The molecule has 1 atom stereocenters. The van der Waals surface area contributed by atoms with E-state index in [4.69, 9.17) is 11.6 Å². The minimum absolute atomic E-state index is 0.181. The van der Waals surface area contributed by atoms with E-state index in [1.54, 1.807) is 0 Å². The van der Waals surface area contributed by atoms with Crippen LogP contribution in [0.1, 0.15) is 32.6 Å². The van der Waals surface area contributed by atoms with Crippen LogP contribution in [0.5, 0.6) is 0 Å². The molecule has 0 aromatic carbocycles. The number of rotatable bonds is 3. The monoisotopic (exact) mass is 224 g/mol. The zero-order chi connectivity index (χ0) is 9.90.